The highest BCUT2D eigenvalue weighted by Crippen LogP contribution is 2.35. The van der Waals surface area contributed by atoms with Gasteiger partial charge in [0.15, 0.2) is 0 Å². The van der Waals surface area contributed by atoms with Crippen LogP contribution in [-0.4, -0.2) is 29.2 Å². The van der Waals surface area contributed by atoms with Gasteiger partial charge in [0.25, 0.3) is 0 Å². The molecule has 4 heteroatoms. The number of carbonyl (C=O) groups excluding carboxylic acids is 1. The SMILES string of the molecule is CC(C)(C)C(N)C(=O)NC1(CO)CC1. The van der Waals surface area contributed by atoms with Gasteiger partial charge in [-0.05, 0) is 18.3 Å². The minimum Gasteiger partial charge on any atom is -0.394 e. The summed E-state index contributed by atoms with van der Waals surface area (Å²) < 4.78 is 0. The summed E-state index contributed by atoms with van der Waals surface area (Å²) in [6.07, 6.45) is 1.71. The highest BCUT2D eigenvalue weighted by molar-refractivity contribution is 5.83. The zero-order valence-corrected chi connectivity index (χ0v) is 9.13. The lowest BCUT2D eigenvalue weighted by Gasteiger charge is -2.27. The molecule has 1 aliphatic carbocycles. The van der Waals surface area contributed by atoms with Gasteiger partial charge < -0.3 is 16.2 Å². The second-order valence-corrected chi connectivity index (χ2v) is 5.27. The van der Waals surface area contributed by atoms with Crippen LogP contribution in [0.2, 0.25) is 0 Å². The van der Waals surface area contributed by atoms with Crippen molar-refractivity contribution in [2.75, 3.05) is 6.61 Å². The molecular formula is C10H20N2O2. The van der Waals surface area contributed by atoms with Gasteiger partial charge in [0.05, 0.1) is 18.2 Å². The van der Waals surface area contributed by atoms with Crippen molar-refractivity contribution in [3.05, 3.63) is 0 Å². The van der Waals surface area contributed by atoms with E-state index in [4.69, 9.17) is 10.8 Å². The van der Waals surface area contributed by atoms with E-state index in [0.29, 0.717) is 0 Å². The van der Waals surface area contributed by atoms with Crippen LogP contribution in [0.1, 0.15) is 33.6 Å². The monoisotopic (exact) mass is 200 g/mol. The van der Waals surface area contributed by atoms with Gasteiger partial charge in [-0.1, -0.05) is 20.8 Å². The third-order valence-electron chi connectivity index (χ3n) is 2.76. The summed E-state index contributed by atoms with van der Waals surface area (Å²) in [6, 6.07) is -0.522. The highest BCUT2D eigenvalue weighted by atomic mass is 16.3. The van der Waals surface area contributed by atoms with Crippen LogP contribution in [0.25, 0.3) is 0 Å². The normalized spacial score (nSPS) is 21.5. The Balaban J connectivity index is 2.50. The molecule has 14 heavy (non-hydrogen) atoms. The summed E-state index contributed by atoms with van der Waals surface area (Å²) in [6.45, 7) is 5.79. The van der Waals surface area contributed by atoms with Gasteiger partial charge in [0.1, 0.15) is 0 Å². The maximum atomic E-state index is 11.7. The first-order valence-corrected chi connectivity index (χ1v) is 4.99. The molecule has 82 valence electrons. The van der Waals surface area contributed by atoms with Crippen LogP contribution in [0.4, 0.5) is 0 Å². The number of nitrogens with two attached hydrogens (primary N) is 1. The van der Waals surface area contributed by atoms with Crippen LogP contribution in [0.15, 0.2) is 0 Å². The van der Waals surface area contributed by atoms with Gasteiger partial charge in [0.2, 0.25) is 5.91 Å². The molecule has 1 rings (SSSR count). The van der Waals surface area contributed by atoms with Gasteiger partial charge in [0, 0.05) is 0 Å². The van der Waals surface area contributed by atoms with Crippen molar-refractivity contribution in [2.24, 2.45) is 11.1 Å². The minimum atomic E-state index is -0.522. The Hall–Kier alpha value is -0.610. The van der Waals surface area contributed by atoms with Gasteiger partial charge in [-0.3, -0.25) is 4.79 Å². The van der Waals surface area contributed by atoms with Gasteiger partial charge >= 0.3 is 0 Å². The number of hydrogen-bond acceptors (Lipinski definition) is 3. The topological polar surface area (TPSA) is 75.4 Å². The summed E-state index contributed by atoms with van der Waals surface area (Å²) in [4.78, 5) is 11.7. The fourth-order valence-electron chi connectivity index (χ4n) is 1.21. The lowest BCUT2D eigenvalue weighted by atomic mass is 9.87. The second kappa shape index (κ2) is 3.51. The molecule has 1 amide bonds. The van der Waals surface area contributed by atoms with Crippen LogP contribution in [0, 0.1) is 5.41 Å². The number of amides is 1. The first-order chi connectivity index (χ1) is 6.31. The fraction of sp³-hybridized carbons (Fsp3) is 0.900. The molecule has 1 aliphatic rings. The summed E-state index contributed by atoms with van der Waals surface area (Å²) >= 11 is 0. The smallest absolute Gasteiger partial charge is 0.237 e. The van der Waals surface area contributed by atoms with Crippen molar-refractivity contribution in [3.63, 3.8) is 0 Å². The van der Waals surface area contributed by atoms with Crippen molar-refractivity contribution in [1.29, 1.82) is 0 Å². The minimum absolute atomic E-state index is 0.00953. The van der Waals surface area contributed by atoms with Crippen molar-refractivity contribution >= 4 is 5.91 Å². The third-order valence-corrected chi connectivity index (χ3v) is 2.76. The number of aliphatic hydroxyl groups is 1. The van der Waals surface area contributed by atoms with E-state index in [1.807, 2.05) is 20.8 Å². The van der Waals surface area contributed by atoms with Crippen molar-refractivity contribution < 1.29 is 9.90 Å². The van der Waals surface area contributed by atoms with E-state index in [9.17, 15) is 4.79 Å². The van der Waals surface area contributed by atoms with Crippen molar-refractivity contribution in [2.45, 2.75) is 45.2 Å². The Morgan fingerprint density at radius 2 is 2.07 bits per heavy atom. The molecule has 0 aromatic rings. The number of rotatable bonds is 3. The molecule has 0 bridgehead atoms. The largest absolute Gasteiger partial charge is 0.394 e. The first-order valence-electron chi connectivity index (χ1n) is 4.99. The molecule has 1 unspecified atom stereocenters. The van der Waals surface area contributed by atoms with Gasteiger partial charge in [-0.2, -0.15) is 0 Å². The van der Waals surface area contributed by atoms with E-state index < -0.39 is 6.04 Å². The van der Waals surface area contributed by atoms with Crippen LogP contribution in [-0.2, 0) is 4.79 Å². The Morgan fingerprint density at radius 1 is 1.57 bits per heavy atom. The molecule has 0 spiro atoms. The molecule has 1 saturated carbocycles. The molecule has 1 atom stereocenters. The first kappa shape index (κ1) is 11.5. The van der Waals surface area contributed by atoms with Crippen LogP contribution < -0.4 is 11.1 Å². The number of aliphatic hydroxyl groups excluding tert-OH is 1. The molecular weight excluding hydrogens is 180 g/mol. The molecule has 1 fully saturated rings. The quantitative estimate of drug-likeness (QED) is 0.600. The van der Waals surface area contributed by atoms with E-state index in [2.05, 4.69) is 5.32 Å². The molecule has 0 radical (unpaired) electrons. The van der Waals surface area contributed by atoms with E-state index >= 15 is 0 Å². The van der Waals surface area contributed by atoms with Gasteiger partial charge in [-0.15, -0.1) is 0 Å². The number of hydrogen-bond donors (Lipinski definition) is 3. The third kappa shape index (κ3) is 2.45. The molecule has 0 heterocycles. The predicted molar refractivity (Wildman–Crippen MR) is 54.6 cm³/mol. The zero-order valence-electron chi connectivity index (χ0n) is 9.13. The van der Waals surface area contributed by atoms with E-state index in [1.54, 1.807) is 0 Å². The molecule has 4 nitrogen and oxygen atoms in total. The number of carbonyl (C=O) groups is 1. The highest BCUT2D eigenvalue weighted by Gasteiger charge is 2.45. The zero-order chi connectivity index (χ0) is 11.0. The Morgan fingerprint density at radius 3 is 2.36 bits per heavy atom. The average molecular weight is 200 g/mol. The second-order valence-electron chi connectivity index (χ2n) is 5.27. The van der Waals surface area contributed by atoms with Crippen LogP contribution >= 0.6 is 0 Å². The summed E-state index contributed by atoms with van der Waals surface area (Å²) in [5.41, 5.74) is 5.19. The number of nitrogens with one attached hydrogen (secondary N) is 1. The van der Waals surface area contributed by atoms with Crippen LogP contribution in [0.3, 0.4) is 0 Å². The van der Waals surface area contributed by atoms with Gasteiger partial charge in [-0.25, -0.2) is 0 Å². The van der Waals surface area contributed by atoms with Crippen LogP contribution in [0.5, 0.6) is 0 Å². The lowest BCUT2D eigenvalue weighted by Crippen LogP contribution is -2.53. The molecule has 0 aromatic heterocycles. The van der Waals surface area contributed by atoms with E-state index in [0.717, 1.165) is 12.8 Å². The molecule has 0 aliphatic heterocycles. The molecule has 0 aromatic carbocycles. The Labute approximate surface area is 84.9 Å². The summed E-state index contributed by atoms with van der Waals surface area (Å²) in [5, 5.41) is 11.8. The van der Waals surface area contributed by atoms with Crippen molar-refractivity contribution in [3.8, 4) is 0 Å². The molecule has 4 N–H and O–H groups in total. The standard InChI is InChI=1S/C10H20N2O2/c1-9(2,3)7(11)8(14)12-10(6-13)4-5-10/h7,13H,4-6,11H2,1-3H3,(H,12,14). The Bertz CT molecular complexity index is 229. The summed E-state index contributed by atoms with van der Waals surface area (Å²) in [7, 11) is 0. The van der Waals surface area contributed by atoms with E-state index in [-0.39, 0.29) is 23.5 Å². The lowest BCUT2D eigenvalue weighted by molar-refractivity contribution is -0.125. The average Bonchev–Trinajstić information content (AvgIpc) is 2.82. The maximum Gasteiger partial charge on any atom is 0.237 e. The maximum absolute atomic E-state index is 11.7. The van der Waals surface area contributed by atoms with E-state index in [1.165, 1.54) is 0 Å². The Kier molecular flexibility index (Phi) is 2.88. The van der Waals surface area contributed by atoms with Crippen molar-refractivity contribution in [1.82, 2.24) is 5.32 Å². The fourth-order valence-corrected chi connectivity index (χ4v) is 1.21. The predicted octanol–water partition coefficient (Wildman–Crippen LogP) is 0.000900. The summed E-state index contributed by atoms with van der Waals surface area (Å²) in [5.74, 6) is -0.163. The molecule has 0 saturated heterocycles.